The van der Waals surface area contributed by atoms with Gasteiger partial charge in [0.05, 0.1) is 5.52 Å². The lowest BCUT2D eigenvalue weighted by atomic mass is 10.2. The number of fused-ring (bicyclic) bond motifs is 1. The number of aromatic nitrogens is 3. The van der Waals surface area contributed by atoms with Crippen molar-refractivity contribution >= 4 is 22.6 Å². The second-order valence-corrected chi connectivity index (χ2v) is 4.43. The quantitative estimate of drug-likeness (QED) is 0.793. The summed E-state index contributed by atoms with van der Waals surface area (Å²) in [5.41, 5.74) is 3.01. The van der Waals surface area contributed by atoms with Gasteiger partial charge < -0.3 is 5.32 Å². The maximum absolute atomic E-state index is 12.2. The maximum Gasteiger partial charge on any atom is 0.255 e. The summed E-state index contributed by atoms with van der Waals surface area (Å²) in [7, 11) is 0. The second-order valence-electron chi connectivity index (χ2n) is 4.43. The molecule has 5 nitrogen and oxygen atoms in total. The van der Waals surface area contributed by atoms with Gasteiger partial charge in [-0.25, -0.2) is 4.68 Å². The van der Waals surface area contributed by atoms with E-state index in [1.807, 2.05) is 43.3 Å². The molecule has 100 valence electrons. The molecule has 0 bridgehead atoms. The molecule has 0 fully saturated rings. The Morgan fingerprint density at radius 3 is 2.75 bits per heavy atom. The molecule has 0 saturated heterocycles. The fourth-order valence-electron chi connectivity index (χ4n) is 2.07. The zero-order valence-electron chi connectivity index (χ0n) is 11.1. The highest BCUT2D eigenvalue weighted by Crippen LogP contribution is 2.15. The fourth-order valence-corrected chi connectivity index (χ4v) is 2.07. The molecule has 0 radical (unpaired) electrons. The summed E-state index contributed by atoms with van der Waals surface area (Å²) < 4.78 is 1.80. The van der Waals surface area contributed by atoms with Crippen LogP contribution in [0.1, 0.15) is 17.3 Å². The molecule has 1 aromatic heterocycles. The zero-order chi connectivity index (χ0) is 13.9. The van der Waals surface area contributed by atoms with Crippen molar-refractivity contribution < 1.29 is 4.79 Å². The molecule has 1 heterocycles. The molecule has 1 N–H and O–H groups in total. The van der Waals surface area contributed by atoms with Gasteiger partial charge in [-0.1, -0.05) is 23.4 Å². The van der Waals surface area contributed by atoms with Crippen molar-refractivity contribution in [2.45, 2.75) is 13.5 Å². The Labute approximate surface area is 116 Å². The molecular weight excluding hydrogens is 252 g/mol. The van der Waals surface area contributed by atoms with Crippen molar-refractivity contribution in [2.24, 2.45) is 0 Å². The van der Waals surface area contributed by atoms with Crippen LogP contribution >= 0.6 is 0 Å². The summed E-state index contributed by atoms with van der Waals surface area (Å²) >= 11 is 0. The number of rotatable bonds is 3. The predicted octanol–water partition coefficient (Wildman–Crippen LogP) is 2.70. The molecule has 2 aromatic carbocycles. The Bertz CT molecular complexity index is 749. The van der Waals surface area contributed by atoms with Crippen molar-refractivity contribution in [3.63, 3.8) is 0 Å². The summed E-state index contributed by atoms with van der Waals surface area (Å²) in [6.45, 7) is 2.76. The number of benzene rings is 2. The monoisotopic (exact) mass is 266 g/mol. The smallest absolute Gasteiger partial charge is 0.255 e. The SMILES string of the molecule is CCn1nnc2cc(C(=O)Nc3ccccc3)ccc21. The van der Waals surface area contributed by atoms with E-state index >= 15 is 0 Å². The fraction of sp³-hybridized carbons (Fsp3) is 0.133. The molecule has 3 rings (SSSR count). The average Bonchev–Trinajstić information content (AvgIpc) is 2.90. The first-order valence-corrected chi connectivity index (χ1v) is 6.47. The molecule has 0 spiro atoms. The van der Waals surface area contributed by atoms with Crippen LogP contribution < -0.4 is 5.32 Å². The lowest BCUT2D eigenvalue weighted by Crippen LogP contribution is -2.11. The van der Waals surface area contributed by atoms with E-state index in [2.05, 4.69) is 15.6 Å². The molecular formula is C15H14N4O. The van der Waals surface area contributed by atoms with Crippen LogP contribution in [0.4, 0.5) is 5.69 Å². The lowest BCUT2D eigenvalue weighted by Gasteiger charge is -2.05. The van der Waals surface area contributed by atoms with Crippen LogP contribution in [0.5, 0.6) is 0 Å². The second kappa shape index (κ2) is 5.13. The van der Waals surface area contributed by atoms with Crippen molar-refractivity contribution in [1.82, 2.24) is 15.0 Å². The molecule has 20 heavy (non-hydrogen) atoms. The van der Waals surface area contributed by atoms with Crippen LogP contribution in [0.25, 0.3) is 11.0 Å². The summed E-state index contributed by atoms with van der Waals surface area (Å²) in [5.74, 6) is -0.149. The van der Waals surface area contributed by atoms with E-state index < -0.39 is 0 Å². The van der Waals surface area contributed by atoms with Crippen LogP contribution in [-0.2, 0) is 6.54 Å². The summed E-state index contributed by atoms with van der Waals surface area (Å²) in [5, 5.41) is 11.0. The van der Waals surface area contributed by atoms with Gasteiger partial charge in [-0.05, 0) is 37.3 Å². The van der Waals surface area contributed by atoms with E-state index in [9.17, 15) is 4.79 Å². The first kappa shape index (κ1) is 12.3. The number of anilines is 1. The van der Waals surface area contributed by atoms with Gasteiger partial charge in [-0.3, -0.25) is 4.79 Å². The molecule has 1 amide bonds. The number of para-hydroxylation sites is 1. The minimum atomic E-state index is -0.149. The van der Waals surface area contributed by atoms with Crippen LogP contribution in [-0.4, -0.2) is 20.9 Å². The number of carbonyl (C=O) groups excluding carboxylic acids is 1. The Kier molecular flexibility index (Phi) is 3.16. The highest BCUT2D eigenvalue weighted by Gasteiger charge is 2.09. The number of amides is 1. The topological polar surface area (TPSA) is 59.8 Å². The van der Waals surface area contributed by atoms with Gasteiger partial charge >= 0.3 is 0 Å². The number of nitrogens with one attached hydrogen (secondary N) is 1. The molecule has 5 heteroatoms. The van der Waals surface area contributed by atoms with E-state index in [4.69, 9.17) is 0 Å². The zero-order valence-corrected chi connectivity index (χ0v) is 11.1. The largest absolute Gasteiger partial charge is 0.322 e. The van der Waals surface area contributed by atoms with E-state index in [-0.39, 0.29) is 5.91 Å². The van der Waals surface area contributed by atoms with Crippen LogP contribution in [0.3, 0.4) is 0 Å². The molecule has 0 aliphatic heterocycles. The third-order valence-electron chi connectivity index (χ3n) is 3.11. The minimum Gasteiger partial charge on any atom is -0.322 e. The summed E-state index contributed by atoms with van der Waals surface area (Å²) in [6.07, 6.45) is 0. The molecule has 0 atom stereocenters. The van der Waals surface area contributed by atoms with Gasteiger partial charge in [0.1, 0.15) is 5.52 Å². The third kappa shape index (κ3) is 2.25. The van der Waals surface area contributed by atoms with Gasteiger partial charge in [-0.2, -0.15) is 0 Å². The number of hydrogen-bond acceptors (Lipinski definition) is 3. The molecule has 0 saturated carbocycles. The molecule has 0 aliphatic rings. The third-order valence-corrected chi connectivity index (χ3v) is 3.11. The van der Waals surface area contributed by atoms with Crippen LogP contribution in [0.2, 0.25) is 0 Å². The first-order chi connectivity index (χ1) is 9.78. The number of nitrogens with zero attached hydrogens (tertiary/aromatic N) is 3. The van der Waals surface area contributed by atoms with Crippen molar-refractivity contribution in [3.05, 3.63) is 54.1 Å². The molecule has 0 aliphatic carbocycles. The van der Waals surface area contributed by atoms with E-state index in [0.29, 0.717) is 5.56 Å². The average molecular weight is 266 g/mol. The van der Waals surface area contributed by atoms with Crippen LogP contribution in [0.15, 0.2) is 48.5 Å². The van der Waals surface area contributed by atoms with Crippen LogP contribution in [0, 0.1) is 0 Å². The molecule has 3 aromatic rings. The van der Waals surface area contributed by atoms with E-state index in [1.165, 1.54) is 0 Å². The van der Waals surface area contributed by atoms with E-state index in [0.717, 1.165) is 23.3 Å². The predicted molar refractivity (Wildman–Crippen MR) is 77.6 cm³/mol. The van der Waals surface area contributed by atoms with Gasteiger partial charge in [0.15, 0.2) is 0 Å². The Morgan fingerprint density at radius 2 is 2.00 bits per heavy atom. The summed E-state index contributed by atoms with van der Waals surface area (Å²) in [6, 6.07) is 14.8. The number of hydrogen-bond donors (Lipinski definition) is 1. The minimum absolute atomic E-state index is 0.149. The maximum atomic E-state index is 12.2. The van der Waals surface area contributed by atoms with Gasteiger partial charge in [0, 0.05) is 17.8 Å². The van der Waals surface area contributed by atoms with Gasteiger partial charge in [0.25, 0.3) is 5.91 Å². The Balaban J connectivity index is 1.88. The van der Waals surface area contributed by atoms with Gasteiger partial charge in [0.2, 0.25) is 0 Å². The number of aryl methyl sites for hydroxylation is 1. The normalized spacial score (nSPS) is 10.7. The van der Waals surface area contributed by atoms with Gasteiger partial charge in [-0.15, -0.1) is 5.10 Å². The highest BCUT2D eigenvalue weighted by molar-refractivity contribution is 6.05. The van der Waals surface area contributed by atoms with Crippen molar-refractivity contribution in [3.8, 4) is 0 Å². The highest BCUT2D eigenvalue weighted by atomic mass is 16.1. The molecule has 0 unspecified atom stereocenters. The van der Waals surface area contributed by atoms with Crippen molar-refractivity contribution in [1.29, 1.82) is 0 Å². The van der Waals surface area contributed by atoms with E-state index in [1.54, 1.807) is 16.8 Å². The Morgan fingerprint density at radius 1 is 1.20 bits per heavy atom. The number of carbonyl (C=O) groups is 1. The first-order valence-electron chi connectivity index (χ1n) is 6.47. The Hall–Kier alpha value is -2.69. The summed E-state index contributed by atoms with van der Waals surface area (Å²) in [4.78, 5) is 12.2. The van der Waals surface area contributed by atoms with Crippen molar-refractivity contribution in [2.75, 3.05) is 5.32 Å². The lowest BCUT2D eigenvalue weighted by molar-refractivity contribution is 0.102. The standard InChI is InChI=1S/C15H14N4O/c1-2-19-14-9-8-11(10-13(14)17-18-19)15(20)16-12-6-4-3-5-7-12/h3-10H,2H2,1H3,(H,16,20).